The minimum absolute atomic E-state index is 0.315. The smallest absolute Gasteiger partial charge is 0.303 e. The summed E-state index contributed by atoms with van der Waals surface area (Å²) >= 11 is 0. The summed E-state index contributed by atoms with van der Waals surface area (Å²) in [6, 6.07) is 3.71. The maximum atomic E-state index is 12.5. The van der Waals surface area contributed by atoms with Crippen molar-refractivity contribution in [2.24, 2.45) is 7.05 Å². The monoisotopic (exact) mass is 329 g/mol. The SMILES string of the molecule is Cc1cc2c(cc1C1CC1)c(O)c(C(=O)CCC(=O)O)c(=O)n2C. The van der Waals surface area contributed by atoms with Gasteiger partial charge in [0.15, 0.2) is 5.78 Å². The second kappa shape index (κ2) is 5.78. The van der Waals surface area contributed by atoms with E-state index >= 15 is 0 Å². The first-order valence-electron chi connectivity index (χ1n) is 7.92. The Morgan fingerprint density at radius 1 is 1.25 bits per heavy atom. The molecule has 0 spiro atoms. The predicted octanol–water partition coefficient (Wildman–Crippen LogP) is 2.48. The summed E-state index contributed by atoms with van der Waals surface area (Å²) in [5.74, 6) is -1.64. The van der Waals surface area contributed by atoms with Crippen molar-refractivity contribution in [3.05, 3.63) is 39.2 Å². The maximum Gasteiger partial charge on any atom is 0.303 e. The Morgan fingerprint density at radius 3 is 2.50 bits per heavy atom. The van der Waals surface area contributed by atoms with Crippen LogP contribution in [-0.4, -0.2) is 26.5 Å². The number of aliphatic carboxylic acids is 1. The molecule has 0 atom stereocenters. The molecule has 24 heavy (non-hydrogen) atoms. The highest BCUT2D eigenvalue weighted by atomic mass is 16.4. The van der Waals surface area contributed by atoms with Gasteiger partial charge in [-0.05, 0) is 48.9 Å². The number of fused-ring (bicyclic) bond motifs is 1. The van der Waals surface area contributed by atoms with Gasteiger partial charge in [0, 0.05) is 18.9 Å². The van der Waals surface area contributed by atoms with Gasteiger partial charge in [0.1, 0.15) is 11.3 Å². The number of carboxylic acid groups (broad SMARTS) is 1. The molecule has 1 saturated carbocycles. The number of hydrogen-bond acceptors (Lipinski definition) is 4. The van der Waals surface area contributed by atoms with Gasteiger partial charge in [0.25, 0.3) is 5.56 Å². The fourth-order valence-electron chi connectivity index (χ4n) is 3.12. The van der Waals surface area contributed by atoms with Crippen molar-refractivity contribution >= 4 is 22.7 Å². The van der Waals surface area contributed by atoms with Crippen LogP contribution in [0.5, 0.6) is 5.75 Å². The van der Waals surface area contributed by atoms with Crippen LogP contribution in [0.2, 0.25) is 0 Å². The first-order valence-corrected chi connectivity index (χ1v) is 7.92. The summed E-state index contributed by atoms with van der Waals surface area (Å²) < 4.78 is 1.34. The third-order valence-corrected chi connectivity index (χ3v) is 4.62. The number of rotatable bonds is 5. The molecule has 0 aliphatic heterocycles. The third kappa shape index (κ3) is 2.68. The molecule has 0 radical (unpaired) electrons. The fraction of sp³-hybridized carbons (Fsp3) is 0.389. The molecule has 1 aromatic heterocycles. The molecule has 0 unspecified atom stereocenters. The van der Waals surface area contributed by atoms with Gasteiger partial charge in [-0.2, -0.15) is 0 Å². The van der Waals surface area contributed by atoms with Crippen molar-refractivity contribution in [2.45, 2.75) is 38.5 Å². The molecule has 0 bridgehead atoms. The summed E-state index contributed by atoms with van der Waals surface area (Å²) in [4.78, 5) is 35.4. The number of aromatic nitrogens is 1. The number of aromatic hydroxyl groups is 1. The summed E-state index contributed by atoms with van der Waals surface area (Å²) in [5, 5.41) is 19.7. The van der Waals surface area contributed by atoms with Crippen LogP contribution in [0.25, 0.3) is 10.9 Å². The van der Waals surface area contributed by atoms with Gasteiger partial charge in [-0.1, -0.05) is 0 Å². The van der Waals surface area contributed by atoms with Crippen LogP contribution in [0, 0.1) is 6.92 Å². The van der Waals surface area contributed by atoms with Gasteiger partial charge in [-0.3, -0.25) is 14.4 Å². The highest BCUT2D eigenvalue weighted by Gasteiger charge is 2.27. The first-order chi connectivity index (χ1) is 11.3. The number of hydrogen-bond donors (Lipinski definition) is 2. The lowest BCUT2D eigenvalue weighted by Crippen LogP contribution is -2.25. The average molecular weight is 329 g/mol. The Hall–Kier alpha value is -2.63. The van der Waals surface area contributed by atoms with E-state index in [-0.39, 0.29) is 24.2 Å². The Kier molecular flexibility index (Phi) is 3.91. The van der Waals surface area contributed by atoms with Crippen LogP contribution in [0.1, 0.15) is 53.1 Å². The zero-order chi connectivity index (χ0) is 17.6. The molecule has 1 aliphatic rings. The van der Waals surface area contributed by atoms with Crippen LogP contribution in [0.3, 0.4) is 0 Å². The second-order valence-electron chi connectivity index (χ2n) is 6.40. The molecular weight excluding hydrogens is 310 g/mol. The lowest BCUT2D eigenvalue weighted by molar-refractivity contribution is -0.136. The normalized spacial score (nSPS) is 14.1. The minimum atomic E-state index is -1.12. The van der Waals surface area contributed by atoms with Crippen molar-refractivity contribution in [1.29, 1.82) is 0 Å². The van der Waals surface area contributed by atoms with Crippen molar-refractivity contribution in [1.82, 2.24) is 4.57 Å². The fourth-order valence-corrected chi connectivity index (χ4v) is 3.12. The molecule has 1 aromatic carbocycles. The van der Waals surface area contributed by atoms with Crippen LogP contribution in [-0.2, 0) is 11.8 Å². The number of carboxylic acids is 1. The number of nitrogens with zero attached hydrogens (tertiary/aromatic N) is 1. The number of ketones is 1. The number of benzene rings is 1. The Morgan fingerprint density at radius 2 is 1.92 bits per heavy atom. The summed E-state index contributed by atoms with van der Waals surface area (Å²) in [6.07, 6.45) is 1.51. The van der Waals surface area contributed by atoms with E-state index in [9.17, 15) is 19.5 Å². The molecular formula is C18H19NO5. The molecule has 0 saturated heterocycles. The van der Waals surface area contributed by atoms with E-state index in [1.165, 1.54) is 4.57 Å². The lowest BCUT2D eigenvalue weighted by atomic mass is 9.98. The van der Waals surface area contributed by atoms with Gasteiger partial charge >= 0.3 is 5.97 Å². The topological polar surface area (TPSA) is 96.6 Å². The first kappa shape index (κ1) is 16.2. The Bertz CT molecular complexity index is 921. The van der Waals surface area contributed by atoms with Gasteiger partial charge < -0.3 is 14.8 Å². The number of Topliss-reactive ketones (excluding diaryl/α,β-unsaturated/α-hetero) is 1. The number of carbonyl (C=O) groups excluding carboxylic acids is 1. The van der Waals surface area contributed by atoms with E-state index < -0.39 is 17.3 Å². The van der Waals surface area contributed by atoms with Crippen molar-refractivity contribution < 1.29 is 19.8 Å². The van der Waals surface area contributed by atoms with E-state index in [0.29, 0.717) is 16.8 Å². The lowest BCUT2D eigenvalue weighted by Gasteiger charge is -2.14. The second-order valence-corrected chi connectivity index (χ2v) is 6.40. The van der Waals surface area contributed by atoms with Crippen molar-refractivity contribution in [3.8, 4) is 5.75 Å². The molecule has 126 valence electrons. The molecule has 1 aliphatic carbocycles. The molecule has 6 heteroatoms. The van der Waals surface area contributed by atoms with Crippen molar-refractivity contribution in [2.75, 3.05) is 0 Å². The van der Waals surface area contributed by atoms with Gasteiger partial charge in [-0.15, -0.1) is 0 Å². The zero-order valence-electron chi connectivity index (χ0n) is 13.6. The summed E-state index contributed by atoms with van der Waals surface area (Å²) in [6.45, 7) is 1.97. The highest BCUT2D eigenvalue weighted by Crippen LogP contribution is 2.43. The van der Waals surface area contributed by atoms with E-state index in [0.717, 1.165) is 24.0 Å². The Balaban J connectivity index is 2.20. The largest absolute Gasteiger partial charge is 0.506 e. The predicted molar refractivity (Wildman–Crippen MR) is 88.8 cm³/mol. The number of pyridine rings is 1. The van der Waals surface area contributed by atoms with E-state index in [2.05, 4.69) is 0 Å². The van der Waals surface area contributed by atoms with Crippen LogP contribution >= 0.6 is 0 Å². The molecule has 1 heterocycles. The molecule has 1 fully saturated rings. The van der Waals surface area contributed by atoms with E-state index in [1.807, 2.05) is 19.1 Å². The Labute approximate surface area is 138 Å². The van der Waals surface area contributed by atoms with Gasteiger partial charge in [0.2, 0.25) is 0 Å². The maximum absolute atomic E-state index is 12.5. The quantitative estimate of drug-likeness (QED) is 0.822. The van der Waals surface area contributed by atoms with Gasteiger partial charge in [0.05, 0.1) is 11.9 Å². The van der Waals surface area contributed by atoms with Crippen LogP contribution < -0.4 is 5.56 Å². The zero-order valence-corrected chi connectivity index (χ0v) is 13.6. The van der Waals surface area contributed by atoms with E-state index in [1.54, 1.807) is 7.05 Å². The third-order valence-electron chi connectivity index (χ3n) is 4.62. The molecule has 6 nitrogen and oxygen atoms in total. The van der Waals surface area contributed by atoms with Crippen LogP contribution in [0.15, 0.2) is 16.9 Å². The number of carbonyl (C=O) groups is 2. The molecule has 2 N–H and O–H groups in total. The van der Waals surface area contributed by atoms with Crippen LogP contribution in [0.4, 0.5) is 0 Å². The minimum Gasteiger partial charge on any atom is -0.506 e. The number of aryl methyl sites for hydroxylation is 2. The summed E-state index contributed by atoms with van der Waals surface area (Å²) in [7, 11) is 1.55. The summed E-state index contributed by atoms with van der Waals surface area (Å²) in [5.41, 5.74) is 1.82. The van der Waals surface area contributed by atoms with Gasteiger partial charge in [-0.25, -0.2) is 0 Å². The van der Waals surface area contributed by atoms with Crippen molar-refractivity contribution in [3.63, 3.8) is 0 Å². The highest BCUT2D eigenvalue weighted by molar-refractivity contribution is 6.04. The molecule has 3 rings (SSSR count). The molecule has 0 amide bonds. The molecule has 2 aromatic rings. The standard InChI is InChI=1S/C18H19NO5/c1-9-7-13-12(8-11(9)10-3-4-10)17(23)16(18(24)19(13)2)14(20)5-6-15(21)22/h7-8,10,23H,3-6H2,1-2H3,(H,21,22). The average Bonchev–Trinajstić information content (AvgIpc) is 3.35. The van der Waals surface area contributed by atoms with E-state index in [4.69, 9.17) is 5.11 Å².